The third kappa shape index (κ3) is 4.84. The lowest BCUT2D eigenvalue weighted by atomic mass is 9.94. The van der Waals surface area contributed by atoms with Crippen molar-refractivity contribution in [1.82, 2.24) is 25.2 Å². The van der Waals surface area contributed by atoms with Crippen LogP contribution in [-0.4, -0.2) is 58.2 Å². The molecule has 2 aromatic carbocycles. The van der Waals surface area contributed by atoms with E-state index in [1.165, 1.54) is 11.8 Å². The SMILES string of the molecule is CN1CCC(C(=O)NCCSc2nc(N)nc(-c3c(Cl)cc4c5c(cccc35)COC4)n2)CC1. The van der Waals surface area contributed by atoms with Gasteiger partial charge in [0.05, 0.1) is 18.2 Å². The number of amides is 1. The molecule has 10 heteroatoms. The number of piperidine rings is 1. The van der Waals surface area contributed by atoms with Crippen LogP contribution in [0.3, 0.4) is 0 Å². The van der Waals surface area contributed by atoms with E-state index in [0.717, 1.165) is 53.4 Å². The second kappa shape index (κ2) is 10.0. The van der Waals surface area contributed by atoms with Gasteiger partial charge in [0.15, 0.2) is 11.0 Å². The molecule has 8 nitrogen and oxygen atoms in total. The smallest absolute Gasteiger partial charge is 0.224 e. The van der Waals surface area contributed by atoms with E-state index in [2.05, 4.69) is 38.3 Å². The van der Waals surface area contributed by atoms with Crippen molar-refractivity contribution in [3.63, 3.8) is 0 Å². The normalized spacial score (nSPS) is 16.6. The Morgan fingerprint density at radius 3 is 2.85 bits per heavy atom. The van der Waals surface area contributed by atoms with Gasteiger partial charge in [0.2, 0.25) is 11.9 Å². The minimum Gasteiger partial charge on any atom is -0.372 e. The number of ether oxygens (including phenoxy) is 1. The molecule has 3 heterocycles. The maximum absolute atomic E-state index is 12.4. The number of nitrogen functional groups attached to an aromatic ring is 1. The monoisotopic (exact) mass is 498 g/mol. The fourth-order valence-electron chi connectivity index (χ4n) is 4.63. The van der Waals surface area contributed by atoms with E-state index in [1.54, 1.807) is 0 Å². The summed E-state index contributed by atoms with van der Waals surface area (Å²) in [5.74, 6) is 1.45. The molecule has 0 bridgehead atoms. The molecule has 2 aliphatic rings. The van der Waals surface area contributed by atoms with E-state index >= 15 is 0 Å². The van der Waals surface area contributed by atoms with Crippen molar-refractivity contribution in [1.29, 1.82) is 0 Å². The number of hydrogen-bond donors (Lipinski definition) is 2. The number of halogens is 1. The first-order chi connectivity index (χ1) is 16.5. The average molecular weight is 499 g/mol. The Morgan fingerprint density at radius 2 is 2.03 bits per heavy atom. The standard InChI is InChI=1S/C24H27ClN6O2S/c1-31-8-5-14(6-9-31)22(32)27-7-10-34-24-29-21(28-23(26)30-24)20-17-4-2-3-15-12-33-13-16(19(15)17)11-18(20)25/h2-4,11,14H,5-10,12-13H2,1H3,(H,27,32)(H2,26,28,29,30). The zero-order chi connectivity index (χ0) is 23.7. The van der Waals surface area contributed by atoms with Crippen molar-refractivity contribution in [2.75, 3.05) is 38.2 Å². The van der Waals surface area contributed by atoms with Crippen LogP contribution in [0.2, 0.25) is 5.02 Å². The second-order valence-corrected chi connectivity index (χ2v) is 10.2. The highest BCUT2D eigenvalue weighted by Gasteiger charge is 2.23. The van der Waals surface area contributed by atoms with Crippen LogP contribution in [0.15, 0.2) is 29.4 Å². The van der Waals surface area contributed by atoms with Crippen molar-refractivity contribution >= 4 is 46.0 Å². The molecule has 0 atom stereocenters. The highest BCUT2D eigenvalue weighted by molar-refractivity contribution is 7.99. The van der Waals surface area contributed by atoms with Gasteiger partial charge in [0.1, 0.15) is 0 Å². The minimum atomic E-state index is 0.0983. The Balaban J connectivity index is 1.31. The highest BCUT2D eigenvalue weighted by atomic mass is 35.5. The van der Waals surface area contributed by atoms with Gasteiger partial charge in [-0.25, -0.2) is 4.98 Å². The zero-order valence-electron chi connectivity index (χ0n) is 19.0. The van der Waals surface area contributed by atoms with Crippen LogP contribution in [0, 0.1) is 5.92 Å². The van der Waals surface area contributed by atoms with Gasteiger partial charge in [-0.2, -0.15) is 9.97 Å². The number of carbonyl (C=O) groups is 1. The molecular weight excluding hydrogens is 472 g/mol. The van der Waals surface area contributed by atoms with Gasteiger partial charge < -0.3 is 20.7 Å². The summed E-state index contributed by atoms with van der Waals surface area (Å²) in [6, 6.07) is 8.00. The Labute approximate surface area is 207 Å². The number of nitrogens with zero attached hydrogens (tertiary/aromatic N) is 4. The molecule has 2 aliphatic heterocycles. The van der Waals surface area contributed by atoms with Crippen LogP contribution in [-0.2, 0) is 22.7 Å². The predicted molar refractivity (Wildman–Crippen MR) is 135 cm³/mol. The molecular formula is C24H27ClN6O2S. The summed E-state index contributed by atoms with van der Waals surface area (Å²) in [6.07, 6.45) is 1.81. The van der Waals surface area contributed by atoms with Crippen molar-refractivity contribution in [3.8, 4) is 11.4 Å². The highest BCUT2D eigenvalue weighted by Crippen LogP contribution is 2.39. The van der Waals surface area contributed by atoms with Crippen LogP contribution in [0.5, 0.6) is 0 Å². The van der Waals surface area contributed by atoms with Gasteiger partial charge in [-0.1, -0.05) is 41.6 Å². The Hall–Kier alpha value is -2.46. The van der Waals surface area contributed by atoms with Crippen LogP contribution < -0.4 is 11.1 Å². The summed E-state index contributed by atoms with van der Waals surface area (Å²) >= 11 is 8.13. The molecule has 178 valence electrons. The average Bonchev–Trinajstić information content (AvgIpc) is 2.82. The second-order valence-electron chi connectivity index (χ2n) is 8.74. The maximum atomic E-state index is 12.4. The van der Waals surface area contributed by atoms with Gasteiger partial charge in [0.25, 0.3) is 0 Å². The van der Waals surface area contributed by atoms with Crippen molar-refractivity contribution in [2.45, 2.75) is 31.2 Å². The number of carbonyl (C=O) groups excluding carboxylic acids is 1. The molecule has 5 rings (SSSR count). The lowest BCUT2D eigenvalue weighted by Crippen LogP contribution is -2.39. The number of nitrogens with two attached hydrogens (primary N) is 1. The Morgan fingerprint density at radius 1 is 1.24 bits per heavy atom. The van der Waals surface area contributed by atoms with Gasteiger partial charge in [-0.05, 0) is 60.9 Å². The molecule has 3 aromatic rings. The Bertz CT molecular complexity index is 1230. The lowest BCUT2D eigenvalue weighted by Gasteiger charge is -2.28. The number of rotatable bonds is 6. The number of anilines is 1. The molecule has 1 fully saturated rings. The van der Waals surface area contributed by atoms with E-state index in [0.29, 0.717) is 41.5 Å². The quantitative estimate of drug-likeness (QED) is 0.393. The summed E-state index contributed by atoms with van der Waals surface area (Å²) in [5.41, 5.74) is 8.96. The first-order valence-electron chi connectivity index (χ1n) is 11.4. The minimum absolute atomic E-state index is 0.0983. The summed E-state index contributed by atoms with van der Waals surface area (Å²) in [4.78, 5) is 28.0. The summed E-state index contributed by atoms with van der Waals surface area (Å²) in [7, 11) is 2.09. The fraction of sp³-hybridized carbons (Fsp3) is 0.417. The van der Waals surface area contributed by atoms with Gasteiger partial charge in [0, 0.05) is 23.8 Å². The molecule has 3 N–H and O–H groups in total. The van der Waals surface area contributed by atoms with E-state index in [9.17, 15) is 4.79 Å². The van der Waals surface area contributed by atoms with Crippen LogP contribution in [0.4, 0.5) is 5.95 Å². The number of benzene rings is 2. The predicted octanol–water partition coefficient (Wildman–Crippen LogP) is 3.51. The number of likely N-dealkylation sites (tertiary alicyclic amines) is 1. The number of nitrogens with one attached hydrogen (secondary N) is 1. The third-order valence-electron chi connectivity index (χ3n) is 6.37. The van der Waals surface area contributed by atoms with Gasteiger partial charge in [-0.15, -0.1) is 0 Å². The largest absolute Gasteiger partial charge is 0.372 e. The van der Waals surface area contributed by atoms with Crippen molar-refractivity contribution in [2.24, 2.45) is 5.92 Å². The molecule has 1 amide bonds. The summed E-state index contributed by atoms with van der Waals surface area (Å²) in [5, 5.41) is 6.22. The van der Waals surface area contributed by atoms with Crippen molar-refractivity contribution in [3.05, 3.63) is 40.4 Å². The molecule has 0 aliphatic carbocycles. The van der Waals surface area contributed by atoms with Crippen LogP contribution in [0.1, 0.15) is 24.0 Å². The molecule has 0 unspecified atom stereocenters. The zero-order valence-corrected chi connectivity index (χ0v) is 20.6. The fourth-order valence-corrected chi connectivity index (χ4v) is 5.64. The molecule has 1 saturated heterocycles. The van der Waals surface area contributed by atoms with Crippen LogP contribution >= 0.6 is 23.4 Å². The molecule has 0 spiro atoms. The summed E-state index contributed by atoms with van der Waals surface area (Å²) < 4.78 is 5.68. The Kier molecular flexibility index (Phi) is 6.87. The van der Waals surface area contributed by atoms with E-state index in [-0.39, 0.29) is 17.8 Å². The molecule has 34 heavy (non-hydrogen) atoms. The number of aromatic nitrogens is 3. The topological polar surface area (TPSA) is 106 Å². The summed E-state index contributed by atoms with van der Waals surface area (Å²) in [6.45, 7) is 3.56. The number of hydrogen-bond acceptors (Lipinski definition) is 8. The van der Waals surface area contributed by atoms with Crippen LogP contribution in [0.25, 0.3) is 22.2 Å². The molecule has 0 radical (unpaired) electrons. The third-order valence-corrected chi connectivity index (χ3v) is 7.52. The lowest BCUT2D eigenvalue weighted by molar-refractivity contribution is -0.126. The maximum Gasteiger partial charge on any atom is 0.224 e. The first kappa shape index (κ1) is 23.3. The van der Waals surface area contributed by atoms with E-state index in [4.69, 9.17) is 22.1 Å². The number of thioether (sulfide) groups is 1. The first-order valence-corrected chi connectivity index (χ1v) is 12.8. The molecule has 1 aromatic heterocycles. The van der Waals surface area contributed by atoms with E-state index in [1.807, 2.05) is 18.2 Å². The van der Waals surface area contributed by atoms with E-state index < -0.39 is 0 Å². The van der Waals surface area contributed by atoms with Crippen molar-refractivity contribution < 1.29 is 9.53 Å². The van der Waals surface area contributed by atoms with Gasteiger partial charge >= 0.3 is 0 Å². The van der Waals surface area contributed by atoms with Gasteiger partial charge in [-0.3, -0.25) is 4.79 Å². The molecule has 0 saturated carbocycles.